The minimum Gasteiger partial charge on any atom is -0.320 e. The molecule has 5 nitrogen and oxygen atoms in total. The lowest BCUT2D eigenvalue weighted by atomic mass is 10.2. The standard InChI is InChI=1S/C18H16F2N4OS/c1-11(17(25)21-15-13(19)9-6-10-14(15)20)26-18-23-22-16(24(18)2)12-7-4-3-5-8-12/h3-11H,1-2H3,(H,21,25)/t11-/m0/s1. The predicted octanol–water partition coefficient (Wildman–Crippen LogP) is 3.88. The smallest absolute Gasteiger partial charge is 0.237 e. The maximum atomic E-state index is 13.7. The highest BCUT2D eigenvalue weighted by atomic mass is 32.2. The molecule has 0 fully saturated rings. The first-order valence-corrected chi connectivity index (χ1v) is 8.71. The number of amides is 1. The molecule has 134 valence electrons. The van der Waals surface area contributed by atoms with Crippen LogP contribution in [0, 0.1) is 11.6 Å². The van der Waals surface area contributed by atoms with Crippen molar-refractivity contribution < 1.29 is 13.6 Å². The van der Waals surface area contributed by atoms with E-state index in [-0.39, 0.29) is 0 Å². The Morgan fingerprint density at radius 1 is 1.08 bits per heavy atom. The van der Waals surface area contributed by atoms with E-state index in [4.69, 9.17) is 0 Å². The Labute approximate surface area is 153 Å². The van der Waals surface area contributed by atoms with Crippen LogP contribution in [0.25, 0.3) is 11.4 Å². The summed E-state index contributed by atoms with van der Waals surface area (Å²) in [5.41, 5.74) is 0.452. The summed E-state index contributed by atoms with van der Waals surface area (Å²) in [4.78, 5) is 12.3. The number of nitrogens with one attached hydrogen (secondary N) is 1. The fourth-order valence-electron chi connectivity index (χ4n) is 2.31. The number of halogens is 2. The number of carbonyl (C=O) groups is 1. The van der Waals surface area contributed by atoms with Crippen LogP contribution in [0.4, 0.5) is 14.5 Å². The van der Waals surface area contributed by atoms with E-state index in [0.717, 1.165) is 29.5 Å². The lowest BCUT2D eigenvalue weighted by Crippen LogP contribution is -2.24. The normalized spacial score (nSPS) is 12.0. The molecule has 3 aromatic rings. The van der Waals surface area contributed by atoms with Gasteiger partial charge in [-0.2, -0.15) is 0 Å². The Morgan fingerprint density at radius 3 is 2.38 bits per heavy atom. The largest absolute Gasteiger partial charge is 0.320 e. The molecule has 1 atom stereocenters. The molecular weight excluding hydrogens is 358 g/mol. The molecule has 0 aliphatic carbocycles. The number of benzene rings is 2. The van der Waals surface area contributed by atoms with Crippen LogP contribution in [0.3, 0.4) is 0 Å². The Bertz CT molecular complexity index is 910. The fourth-order valence-corrected chi connectivity index (χ4v) is 3.12. The average molecular weight is 374 g/mol. The first-order chi connectivity index (χ1) is 12.5. The van der Waals surface area contributed by atoms with Crippen LogP contribution < -0.4 is 5.32 Å². The van der Waals surface area contributed by atoms with Crippen molar-refractivity contribution in [2.75, 3.05) is 5.32 Å². The first kappa shape index (κ1) is 18.1. The molecule has 1 amide bonds. The van der Waals surface area contributed by atoms with E-state index in [1.807, 2.05) is 30.3 Å². The van der Waals surface area contributed by atoms with E-state index < -0.39 is 28.5 Å². The van der Waals surface area contributed by atoms with Crippen molar-refractivity contribution in [1.29, 1.82) is 0 Å². The summed E-state index contributed by atoms with van der Waals surface area (Å²) in [7, 11) is 1.80. The number of aromatic nitrogens is 3. The second-order valence-corrected chi connectivity index (χ2v) is 6.89. The molecule has 2 aromatic carbocycles. The number of thioether (sulfide) groups is 1. The number of para-hydroxylation sites is 1. The van der Waals surface area contributed by atoms with Crippen LogP contribution in [0.2, 0.25) is 0 Å². The zero-order chi connectivity index (χ0) is 18.7. The van der Waals surface area contributed by atoms with E-state index in [2.05, 4.69) is 15.5 Å². The molecule has 0 aliphatic heterocycles. The maximum Gasteiger partial charge on any atom is 0.237 e. The first-order valence-electron chi connectivity index (χ1n) is 7.83. The highest BCUT2D eigenvalue weighted by molar-refractivity contribution is 8.00. The Balaban J connectivity index is 1.73. The van der Waals surface area contributed by atoms with Gasteiger partial charge in [0, 0.05) is 12.6 Å². The van der Waals surface area contributed by atoms with Gasteiger partial charge in [-0.15, -0.1) is 10.2 Å². The Kier molecular flexibility index (Phi) is 5.32. The third-order valence-corrected chi connectivity index (χ3v) is 4.86. The van der Waals surface area contributed by atoms with Crippen LogP contribution in [-0.2, 0) is 11.8 Å². The molecular formula is C18H16F2N4OS. The molecule has 0 bridgehead atoms. The van der Waals surface area contributed by atoms with E-state index in [1.54, 1.807) is 18.5 Å². The summed E-state index contributed by atoms with van der Waals surface area (Å²) in [6.07, 6.45) is 0. The van der Waals surface area contributed by atoms with Gasteiger partial charge in [-0.05, 0) is 19.1 Å². The van der Waals surface area contributed by atoms with Crippen molar-refractivity contribution in [3.8, 4) is 11.4 Å². The average Bonchev–Trinajstić information content (AvgIpc) is 2.99. The molecule has 0 aliphatic rings. The minimum absolute atomic E-state index is 0.451. The molecule has 1 N–H and O–H groups in total. The van der Waals surface area contributed by atoms with E-state index >= 15 is 0 Å². The summed E-state index contributed by atoms with van der Waals surface area (Å²) >= 11 is 1.16. The summed E-state index contributed by atoms with van der Waals surface area (Å²) in [5.74, 6) is -1.50. The van der Waals surface area contributed by atoms with Crippen LogP contribution in [0.5, 0.6) is 0 Å². The quantitative estimate of drug-likeness (QED) is 0.689. The maximum absolute atomic E-state index is 13.7. The lowest BCUT2D eigenvalue weighted by Gasteiger charge is -2.12. The van der Waals surface area contributed by atoms with Gasteiger partial charge >= 0.3 is 0 Å². The van der Waals surface area contributed by atoms with Gasteiger partial charge in [0.05, 0.1) is 5.25 Å². The van der Waals surface area contributed by atoms with Gasteiger partial charge in [-0.3, -0.25) is 4.79 Å². The second kappa shape index (κ2) is 7.65. The molecule has 0 radical (unpaired) electrons. The monoisotopic (exact) mass is 374 g/mol. The molecule has 8 heteroatoms. The fraction of sp³-hybridized carbons (Fsp3) is 0.167. The van der Waals surface area contributed by atoms with Crippen LogP contribution in [0.15, 0.2) is 53.7 Å². The number of rotatable bonds is 5. The van der Waals surface area contributed by atoms with E-state index in [9.17, 15) is 13.6 Å². The van der Waals surface area contributed by atoms with Gasteiger partial charge in [0.15, 0.2) is 11.0 Å². The van der Waals surface area contributed by atoms with Crippen LogP contribution >= 0.6 is 11.8 Å². The molecule has 1 aromatic heterocycles. The highest BCUT2D eigenvalue weighted by Crippen LogP contribution is 2.27. The van der Waals surface area contributed by atoms with Gasteiger partial charge in [0.1, 0.15) is 17.3 Å². The number of hydrogen-bond acceptors (Lipinski definition) is 4. The Morgan fingerprint density at radius 2 is 1.73 bits per heavy atom. The van der Waals surface area contributed by atoms with Gasteiger partial charge in [-0.1, -0.05) is 48.2 Å². The van der Waals surface area contributed by atoms with Gasteiger partial charge in [0.25, 0.3) is 0 Å². The zero-order valence-corrected chi connectivity index (χ0v) is 14.9. The van der Waals surface area contributed by atoms with Crippen molar-refractivity contribution in [1.82, 2.24) is 14.8 Å². The zero-order valence-electron chi connectivity index (χ0n) is 14.1. The molecule has 1 heterocycles. The third kappa shape index (κ3) is 3.75. The predicted molar refractivity (Wildman–Crippen MR) is 96.7 cm³/mol. The van der Waals surface area contributed by atoms with Crippen molar-refractivity contribution >= 4 is 23.4 Å². The molecule has 26 heavy (non-hydrogen) atoms. The number of carbonyl (C=O) groups excluding carboxylic acids is 1. The van der Waals surface area contributed by atoms with E-state index in [1.165, 1.54) is 6.07 Å². The van der Waals surface area contributed by atoms with Crippen LogP contribution in [-0.4, -0.2) is 25.9 Å². The molecule has 3 rings (SSSR count). The number of nitrogens with zero attached hydrogens (tertiary/aromatic N) is 3. The molecule has 0 saturated carbocycles. The van der Waals surface area contributed by atoms with Crippen LogP contribution in [0.1, 0.15) is 6.92 Å². The summed E-state index contributed by atoms with van der Waals surface area (Å²) < 4.78 is 29.1. The van der Waals surface area contributed by atoms with Gasteiger partial charge < -0.3 is 9.88 Å². The van der Waals surface area contributed by atoms with Crippen molar-refractivity contribution in [3.05, 3.63) is 60.2 Å². The van der Waals surface area contributed by atoms with Gasteiger partial charge in [0.2, 0.25) is 5.91 Å². The minimum atomic E-state index is -0.819. The highest BCUT2D eigenvalue weighted by Gasteiger charge is 2.21. The molecule has 0 saturated heterocycles. The van der Waals surface area contributed by atoms with Gasteiger partial charge in [-0.25, -0.2) is 8.78 Å². The topological polar surface area (TPSA) is 59.8 Å². The van der Waals surface area contributed by atoms with Crippen molar-refractivity contribution in [2.24, 2.45) is 7.05 Å². The second-order valence-electron chi connectivity index (χ2n) is 5.58. The SMILES string of the molecule is C[C@H](Sc1nnc(-c2ccccc2)n1C)C(=O)Nc1c(F)cccc1F. The summed E-state index contributed by atoms with van der Waals surface area (Å²) in [6, 6.07) is 12.9. The van der Waals surface area contributed by atoms with Crippen molar-refractivity contribution in [2.45, 2.75) is 17.3 Å². The lowest BCUT2D eigenvalue weighted by molar-refractivity contribution is -0.115. The summed E-state index contributed by atoms with van der Waals surface area (Å²) in [5, 5.41) is 10.4. The van der Waals surface area contributed by atoms with E-state index in [0.29, 0.717) is 11.0 Å². The number of hydrogen-bond donors (Lipinski definition) is 1. The van der Waals surface area contributed by atoms with Crippen molar-refractivity contribution in [3.63, 3.8) is 0 Å². The third-order valence-electron chi connectivity index (χ3n) is 3.73. The molecule has 0 unspecified atom stereocenters. The summed E-state index contributed by atoms with van der Waals surface area (Å²) in [6.45, 7) is 1.63. The number of anilines is 1. The molecule has 0 spiro atoms. The Hall–Kier alpha value is -2.74.